The first-order chi connectivity index (χ1) is 19.9. The number of carbonyl (C=O) groups excluding carboxylic acids is 3. The number of Topliss-reactive ketones (excluding diaryl/α,β-unsaturated/α-hetero) is 1. The molecule has 6 N–H and O–H groups in total. The van der Waals surface area contributed by atoms with Crippen LogP contribution < -0.4 is 36.6 Å². The number of hydrogen-bond donors (Lipinski definition) is 5. The van der Waals surface area contributed by atoms with Crippen LogP contribution in [-0.4, -0.2) is 61.4 Å². The summed E-state index contributed by atoms with van der Waals surface area (Å²) < 4.78 is 5.68. The van der Waals surface area contributed by atoms with Crippen molar-refractivity contribution in [3.63, 3.8) is 0 Å². The summed E-state index contributed by atoms with van der Waals surface area (Å²) in [6.45, 7) is 5.23. The smallest absolute Gasteiger partial charge is 0.239 e. The normalized spacial score (nSPS) is 26.0. The Labute approximate surface area is 239 Å². The molecule has 2 amide bonds. The first-order valence-electron chi connectivity index (χ1n) is 14.4. The molecule has 1 aliphatic carbocycles. The Bertz CT molecular complexity index is 1370. The Hall–Kier alpha value is -4.12. The van der Waals surface area contributed by atoms with Gasteiger partial charge in [0.25, 0.3) is 0 Å². The van der Waals surface area contributed by atoms with E-state index in [1.807, 2.05) is 31.2 Å². The Morgan fingerprint density at radius 3 is 2.71 bits per heavy atom. The summed E-state index contributed by atoms with van der Waals surface area (Å²) in [5.74, 6) is -1.52. The highest BCUT2D eigenvalue weighted by Crippen LogP contribution is 2.41. The fraction of sp³-hybridized carbons (Fsp3) is 0.467. The van der Waals surface area contributed by atoms with Gasteiger partial charge in [-0.25, -0.2) is 4.98 Å². The highest BCUT2D eigenvalue weighted by Gasteiger charge is 2.49. The van der Waals surface area contributed by atoms with Crippen molar-refractivity contribution < 1.29 is 19.1 Å². The molecule has 0 radical (unpaired) electrons. The lowest BCUT2D eigenvalue weighted by atomic mass is 9.75. The largest absolute Gasteiger partial charge is 0.474 e. The SMILES string of the molecule is Cc1c(NC2(c3ccc(N4CCNCC4C(=O)C4CCCC4)cc3)C=CNC(=O)C2C(N)=O)cnc2c1NCCO2. The molecule has 41 heavy (non-hydrogen) atoms. The number of nitrogens with one attached hydrogen (secondary N) is 4. The average Bonchev–Trinajstić information content (AvgIpc) is 3.54. The summed E-state index contributed by atoms with van der Waals surface area (Å²) in [5, 5.41) is 12.8. The van der Waals surface area contributed by atoms with E-state index < -0.39 is 23.3 Å². The van der Waals surface area contributed by atoms with Crippen molar-refractivity contribution in [2.45, 2.75) is 44.2 Å². The minimum Gasteiger partial charge on any atom is -0.474 e. The minimum atomic E-state index is -1.27. The molecule has 1 aromatic carbocycles. The molecule has 1 aromatic heterocycles. The fourth-order valence-corrected chi connectivity index (χ4v) is 6.69. The number of primary amides is 1. The lowest BCUT2D eigenvalue weighted by Gasteiger charge is -2.41. The third kappa shape index (κ3) is 4.88. The van der Waals surface area contributed by atoms with Gasteiger partial charge in [0.1, 0.15) is 29.8 Å². The summed E-state index contributed by atoms with van der Waals surface area (Å²) in [5.41, 5.74) is 8.45. The second-order valence-corrected chi connectivity index (χ2v) is 11.3. The quantitative estimate of drug-likeness (QED) is 0.320. The zero-order chi connectivity index (χ0) is 28.6. The van der Waals surface area contributed by atoms with Gasteiger partial charge >= 0.3 is 0 Å². The molecule has 4 aliphatic rings. The van der Waals surface area contributed by atoms with Gasteiger partial charge in [0, 0.05) is 49.5 Å². The van der Waals surface area contributed by atoms with Gasteiger partial charge in [0.2, 0.25) is 17.7 Å². The van der Waals surface area contributed by atoms with Crippen LogP contribution in [0.3, 0.4) is 0 Å². The van der Waals surface area contributed by atoms with Crippen LogP contribution in [0.4, 0.5) is 17.1 Å². The second-order valence-electron chi connectivity index (χ2n) is 11.3. The van der Waals surface area contributed by atoms with E-state index in [9.17, 15) is 14.4 Å². The Morgan fingerprint density at radius 1 is 1.17 bits per heavy atom. The Morgan fingerprint density at radius 2 is 1.95 bits per heavy atom. The van der Waals surface area contributed by atoms with Crippen LogP contribution in [0, 0.1) is 18.8 Å². The molecule has 2 aromatic rings. The molecule has 0 bridgehead atoms. The molecule has 6 rings (SSSR count). The van der Waals surface area contributed by atoms with Gasteiger partial charge in [-0.05, 0) is 43.5 Å². The number of carbonyl (C=O) groups is 3. The summed E-state index contributed by atoms with van der Waals surface area (Å²) >= 11 is 0. The van der Waals surface area contributed by atoms with Crippen molar-refractivity contribution in [3.8, 4) is 5.88 Å². The molecular formula is C30H37N7O4. The molecule has 4 heterocycles. The number of rotatable bonds is 7. The number of fused-ring (bicyclic) bond motifs is 1. The lowest BCUT2D eigenvalue weighted by Crippen LogP contribution is -2.56. The predicted molar refractivity (Wildman–Crippen MR) is 156 cm³/mol. The van der Waals surface area contributed by atoms with Crippen molar-refractivity contribution >= 4 is 34.7 Å². The van der Waals surface area contributed by atoms with Crippen molar-refractivity contribution in [2.75, 3.05) is 48.3 Å². The molecule has 0 spiro atoms. The van der Waals surface area contributed by atoms with E-state index in [4.69, 9.17) is 10.5 Å². The van der Waals surface area contributed by atoms with Crippen LogP contribution >= 0.6 is 0 Å². The van der Waals surface area contributed by atoms with E-state index in [1.54, 1.807) is 12.3 Å². The van der Waals surface area contributed by atoms with Crippen molar-refractivity contribution in [1.29, 1.82) is 0 Å². The number of nitrogens with zero attached hydrogens (tertiary/aromatic N) is 2. The third-order valence-electron chi connectivity index (χ3n) is 8.87. The van der Waals surface area contributed by atoms with E-state index in [1.165, 1.54) is 6.20 Å². The number of pyridine rings is 1. The molecule has 3 aliphatic heterocycles. The highest BCUT2D eigenvalue weighted by atomic mass is 16.5. The van der Waals surface area contributed by atoms with Gasteiger partial charge < -0.3 is 36.6 Å². The number of piperazine rings is 1. The summed E-state index contributed by atoms with van der Waals surface area (Å²) in [6.07, 6.45) is 9.12. The van der Waals surface area contributed by atoms with E-state index in [0.717, 1.165) is 49.2 Å². The molecule has 1 saturated carbocycles. The molecule has 3 unspecified atom stereocenters. The van der Waals surface area contributed by atoms with Crippen molar-refractivity contribution in [2.24, 2.45) is 17.6 Å². The Kier molecular flexibility index (Phi) is 7.29. The highest BCUT2D eigenvalue weighted by molar-refractivity contribution is 6.03. The third-order valence-corrected chi connectivity index (χ3v) is 8.87. The maximum Gasteiger partial charge on any atom is 0.239 e. The van der Waals surface area contributed by atoms with Gasteiger partial charge in [0.05, 0.1) is 11.9 Å². The number of nitrogens with two attached hydrogens (primary N) is 1. The molecule has 3 atom stereocenters. The predicted octanol–water partition coefficient (Wildman–Crippen LogP) is 1.78. The zero-order valence-electron chi connectivity index (χ0n) is 23.2. The van der Waals surface area contributed by atoms with Gasteiger partial charge in [-0.2, -0.15) is 0 Å². The molecule has 11 nitrogen and oxygen atoms in total. The fourth-order valence-electron chi connectivity index (χ4n) is 6.69. The summed E-state index contributed by atoms with van der Waals surface area (Å²) in [7, 11) is 0. The van der Waals surface area contributed by atoms with E-state index in [0.29, 0.717) is 49.2 Å². The van der Waals surface area contributed by atoms with Crippen LogP contribution in [0.15, 0.2) is 42.7 Å². The van der Waals surface area contributed by atoms with Crippen LogP contribution in [0.2, 0.25) is 0 Å². The molecule has 11 heteroatoms. The van der Waals surface area contributed by atoms with Crippen LogP contribution in [0.5, 0.6) is 5.88 Å². The van der Waals surface area contributed by atoms with Crippen LogP contribution in [0.1, 0.15) is 36.8 Å². The van der Waals surface area contributed by atoms with Gasteiger partial charge in [-0.1, -0.05) is 25.0 Å². The summed E-state index contributed by atoms with van der Waals surface area (Å²) in [6, 6.07) is 7.52. The van der Waals surface area contributed by atoms with Crippen LogP contribution in [-0.2, 0) is 19.9 Å². The number of hydrogen-bond acceptors (Lipinski definition) is 9. The second kappa shape index (κ2) is 11.0. The number of ketones is 1. The van der Waals surface area contributed by atoms with Gasteiger partial charge in [-0.15, -0.1) is 0 Å². The zero-order valence-corrected chi connectivity index (χ0v) is 23.2. The number of anilines is 3. The van der Waals surface area contributed by atoms with E-state index in [-0.39, 0.29) is 12.0 Å². The summed E-state index contributed by atoms with van der Waals surface area (Å²) in [4.78, 5) is 46.0. The lowest BCUT2D eigenvalue weighted by molar-refractivity contribution is -0.135. The van der Waals surface area contributed by atoms with Crippen molar-refractivity contribution in [3.05, 3.63) is 53.9 Å². The van der Waals surface area contributed by atoms with E-state index in [2.05, 4.69) is 31.2 Å². The van der Waals surface area contributed by atoms with Gasteiger partial charge in [0.15, 0.2) is 5.78 Å². The number of amides is 2. The van der Waals surface area contributed by atoms with Crippen LogP contribution in [0.25, 0.3) is 0 Å². The number of ether oxygens (including phenoxy) is 1. The first-order valence-corrected chi connectivity index (χ1v) is 14.4. The first kappa shape index (κ1) is 27.1. The molecule has 1 saturated heterocycles. The maximum absolute atomic E-state index is 13.4. The van der Waals surface area contributed by atoms with Gasteiger partial charge in [-0.3, -0.25) is 14.4 Å². The Balaban J connectivity index is 1.37. The average molecular weight is 560 g/mol. The minimum absolute atomic E-state index is 0.129. The number of aromatic nitrogens is 1. The number of benzene rings is 1. The van der Waals surface area contributed by atoms with E-state index >= 15 is 0 Å². The maximum atomic E-state index is 13.4. The molecule has 216 valence electrons. The topological polar surface area (TPSA) is 151 Å². The molecule has 2 fully saturated rings. The molecular weight excluding hydrogens is 522 g/mol. The van der Waals surface area contributed by atoms with Crippen molar-refractivity contribution in [1.82, 2.24) is 15.6 Å². The monoisotopic (exact) mass is 559 g/mol. The standard InChI is InChI=1S/C30H37N7O4/c1-18-22(16-35-29-25(18)33-13-15-41-29)36-30(10-11-34-28(40)24(30)27(31)39)20-6-8-21(9-7-20)37-14-12-32-17-23(37)26(38)19-4-2-3-5-19/h6-11,16,19,23-24,32-33,36H,2-5,12-15,17H2,1H3,(H2,31,39)(H,34,40).